The first-order valence-electron chi connectivity index (χ1n) is 6.47. The quantitative estimate of drug-likeness (QED) is 0.812. The van der Waals surface area contributed by atoms with E-state index in [1.54, 1.807) is 11.3 Å². The normalized spacial score (nSPS) is 17.8. The van der Waals surface area contributed by atoms with Crippen LogP contribution in [0.3, 0.4) is 0 Å². The average Bonchev–Trinajstić information content (AvgIpc) is 2.91. The van der Waals surface area contributed by atoms with Crippen molar-refractivity contribution in [1.29, 1.82) is 0 Å². The van der Waals surface area contributed by atoms with Gasteiger partial charge in [0.25, 0.3) is 0 Å². The molecule has 1 saturated heterocycles. The molecule has 2 amide bonds. The highest BCUT2D eigenvalue weighted by Crippen LogP contribution is 2.08. The Morgan fingerprint density at radius 1 is 1.63 bits per heavy atom. The number of carbonyl (C=O) groups is 2. The van der Waals surface area contributed by atoms with E-state index in [9.17, 15) is 9.59 Å². The third-order valence-electron chi connectivity index (χ3n) is 3.25. The number of nitrogens with zero attached hydrogens (tertiary/aromatic N) is 1. The summed E-state index contributed by atoms with van der Waals surface area (Å²) in [4.78, 5) is 26.5. The lowest BCUT2D eigenvalue weighted by molar-refractivity contribution is -0.130. The number of thiophene rings is 1. The number of hydrogen-bond acceptors (Lipinski definition) is 4. The molecule has 0 radical (unpaired) electrons. The van der Waals surface area contributed by atoms with Crippen LogP contribution < -0.4 is 10.6 Å². The van der Waals surface area contributed by atoms with Crippen molar-refractivity contribution in [3.63, 3.8) is 0 Å². The predicted molar refractivity (Wildman–Crippen MR) is 75.1 cm³/mol. The number of piperazine rings is 1. The first-order chi connectivity index (χ1) is 9.16. The van der Waals surface area contributed by atoms with Gasteiger partial charge in [-0.3, -0.25) is 14.5 Å². The van der Waals surface area contributed by atoms with E-state index < -0.39 is 0 Å². The molecule has 1 atom stereocenters. The molecule has 0 spiro atoms. The van der Waals surface area contributed by atoms with Crippen LogP contribution in [0.4, 0.5) is 0 Å². The third kappa shape index (κ3) is 4.04. The summed E-state index contributed by atoms with van der Waals surface area (Å²) in [6.07, 6.45) is 0.858. The standard InChI is InChI=1S/C13H19N3O2S/c1-10(16-7-6-14-12(17)9-16)13(18)15-5-4-11-3-2-8-19-11/h2-3,8,10H,4-7,9H2,1H3,(H,14,17)(H,15,18)/t10-/m1/s1. The van der Waals surface area contributed by atoms with Gasteiger partial charge in [-0.2, -0.15) is 0 Å². The van der Waals surface area contributed by atoms with Gasteiger partial charge in [0, 0.05) is 24.5 Å². The van der Waals surface area contributed by atoms with E-state index in [2.05, 4.69) is 16.7 Å². The number of nitrogens with one attached hydrogen (secondary N) is 2. The molecular weight excluding hydrogens is 262 g/mol. The van der Waals surface area contributed by atoms with Crippen molar-refractivity contribution < 1.29 is 9.59 Å². The van der Waals surface area contributed by atoms with Crippen LogP contribution >= 0.6 is 11.3 Å². The van der Waals surface area contributed by atoms with Crippen LogP contribution in [-0.4, -0.2) is 48.9 Å². The molecule has 5 nitrogen and oxygen atoms in total. The highest BCUT2D eigenvalue weighted by atomic mass is 32.1. The van der Waals surface area contributed by atoms with Crippen LogP contribution in [0.5, 0.6) is 0 Å². The number of carbonyl (C=O) groups excluding carboxylic acids is 2. The van der Waals surface area contributed by atoms with Crippen molar-refractivity contribution in [1.82, 2.24) is 15.5 Å². The zero-order valence-electron chi connectivity index (χ0n) is 11.0. The van der Waals surface area contributed by atoms with Crippen molar-refractivity contribution in [2.24, 2.45) is 0 Å². The minimum Gasteiger partial charge on any atom is -0.354 e. The van der Waals surface area contributed by atoms with Gasteiger partial charge in [-0.15, -0.1) is 11.3 Å². The Kier molecular flexibility index (Phi) is 4.93. The van der Waals surface area contributed by atoms with Gasteiger partial charge >= 0.3 is 0 Å². The second kappa shape index (κ2) is 6.68. The van der Waals surface area contributed by atoms with Crippen molar-refractivity contribution in [3.05, 3.63) is 22.4 Å². The largest absolute Gasteiger partial charge is 0.354 e. The number of amides is 2. The molecule has 2 N–H and O–H groups in total. The fourth-order valence-electron chi connectivity index (χ4n) is 2.07. The maximum atomic E-state index is 12.0. The molecule has 2 heterocycles. The molecule has 0 aromatic carbocycles. The van der Waals surface area contributed by atoms with E-state index >= 15 is 0 Å². The van der Waals surface area contributed by atoms with E-state index in [4.69, 9.17) is 0 Å². The average molecular weight is 281 g/mol. The molecule has 0 aliphatic carbocycles. The van der Waals surface area contributed by atoms with E-state index in [0.717, 1.165) is 13.0 Å². The Morgan fingerprint density at radius 3 is 3.16 bits per heavy atom. The van der Waals surface area contributed by atoms with Crippen molar-refractivity contribution >= 4 is 23.2 Å². The van der Waals surface area contributed by atoms with Crippen LogP contribution in [0.1, 0.15) is 11.8 Å². The molecule has 1 aliphatic rings. The minimum atomic E-state index is -0.255. The molecule has 6 heteroatoms. The fraction of sp³-hybridized carbons (Fsp3) is 0.538. The van der Waals surface area contributed by atoms with Crippen LogP contribution in [0.15, 0.2) is 17.5 Å². The monoisotopic (exact) mass is 281 g/mol. The van der Waals surface area contributed by atoms with Gasteiger partial charge in [-0.1, -0.05) is 6.07 Å². The van der Waals surface area contributed by atoms with Crippen LogP contribution in [0.25, 0.3) is 0 Å². The lowest BCUT2D eigenvalue weighted by Gasteiger charge is -2.31. The summed E-state index contributed by atoms with van der Waals surface area (Å²) in [5.41, 5.74) is 0. The Bertz CT molecular complexity index is 433. The highest BCUT2D eigenvalue weighted by molar-refractivity contribution is 7.09. The zero-order chi connectivity index (χ0) is 13.7. The molecule has 1 aromatic heterocycles. The SMILES string of the molecule is C[C@H](C(=O)NCCc1cccs1)N1CCNC(=O)C1. The molecule has 1 aromatic rings. The Balaban J connectivity index is 1.74. The predicted octanol–water partition coefficient (Wildman–Crippen LogP) is 0.227. The van der Waals surface area contributed by atoms with Crippen molar-refractivity contribution in [3.8, 4) is 0 Å². The van der Waals surface area contributed by atoms with Crippen LogP contribution in [-0.2, 0) is 16.0 Å². The van der Waals surface area contributed by atoms with Gasteiger partial charge < -0.3 is 10.6 Å². The Labute approximate surface area is 117 Å². The lowest BCUT2D eigenvalue weighted by atomic mass is 10.2. The lowest BCUT2D eigenvalue weighted by Crippen LogP contribution is -2.55. The van der Waals surface area contributed by atoms with E-state index in [1.165, 1.54) is 4.88 Å². The Hall–Kier alpha value is -1.40. The molecule has 19 heavy (non-hydrogen) atoms. The zero-order valence-corrected chi connectivity index (χ0v) is 11.8. The molecule has 1 aliphatic heterocycles. The summed E-state index contributed by atoms with van der Waals surface area (Å²) in [6, 6.07) is 3.82. The summed E-state index contributed by atoms with van der Waals surface area (Å²) in [5.74, 6) is -0.0178. The number of hydrogen-bond donors (Lipinski definition) is 2. The topological polar surface area (TPSA) is 61.4 Å². The van der Waals surface area contributed by atoms with E-state index in [0.29, 0.717) is 19.6 Å². The highest BCUT2D eigenvalue weighted by Gasteiger charge is 2.25. The second-order valence-electron chi connectivity index (χ2n) is 4.62. The first kappa shape index (κ1) is 14.0. The molecule has 0 saturated carbocycles. The molecular formula is C13H19N3O2S. The third-order valence-corrected chi connectivity index (χ3v) is 4.18. The molecule has 1 fully saturated rings. The maximum absolute atomic E-state index is 12.0. The molecule has 104 valence electrons. The van der Waals surface area contributed by atoms with E-state index in [-0.39, 0.29) is 17.9 Å². The summed E-state index contributed by atoms with van der Waals surface area (Å²) < 4.78 is 0. The van der Waals surface area contributed by atoms with E-state index in [1.807, 2.05) is 23.3 Å². The summed E-state index contributed by atoms with van der Waals surface area (Å²) in [5, 5.41) is 7.72. The smallest absolute Gasteiger partial charge is 0.237 e. The minimum absolute atomic E-state index is 0.00810. The summed E-state index contributed by atoms with van der Waals surface area (Å²) in [7, 11) is 0. The van der Waals surface area contributed by atoms with Crippen LogP contribution in [0.2, 0.25) is 0 Å². The van der Waals surface area contributed by atoms with Crippen molar-refractivity contribution in [2.75, 3.05) is 26.2 Å². The summed E-state index contributed by atoms with van der Waals surface area (Å²) >= 11 is 1.70. The molecule has 0 unspecified atom stereocenters. The Morgan fingerprint density at radius 2 is 2.47 bits per heavy atom. The van der Waals surface area contributed by atoms with Gasteiger partial charge in [0.2, 0.25) is 11.8 Å². The van der Waals surface area contributed by atoms with Gasteiger partial charge in [-0.05, 0) is 24.8 Å². The van der Waals surface area contributed by atoms with Gasteiger partial charge in [0.15, 0.2) is 0 Å². The fourth-order valence-corrected chi connectivity index (χ4v) is 2.78. The summed E-state index contributed by atoms with van der Waals surface area (Å²) in [6.45, 7) is 4.14. The van der Waals surface area contributed by atoms with Gasteiger partial charge in [0.1, 0.15) is 0 Å². The molecule has 2 rings (SSSR count). The van der Waals surface area contributed by atoms with Gasteiger partial charge in [0.05, 0.1) is 12.6 Å². The maximum Gasteiger partial charge on any atom is 0.237 e. The number of rotatable bonds is 5. The van der Waals surface area contributed by atoms with Gasteiger partial charge in [-0.25, -0.2) is 0 Å². The van der Waals surface area contributed by atoms with Crippen LogP contribution in [0, 0.1) is 0 Å². The van der Waals surface area contributed by atoms with Crippen molar-refractivity contribution in [2.45, 2.75) is 19.4 Å². The second-order valence-corrected chi connectivity index (χ2v) is 5.65. The molecule has 0 bridgehead atoms. The first-order valence-corrected chi connectivity index (χ1v) is 7.35.